The predicted molar refractivity (Wildman–Crippen MR) is 82.5 cm³/mol. The molecule has 0 bridgehead atoms. The number of likely N-dealkylation sites (N-methyl/N-ethyl adjacent to an activating group) is 1. The molecule has 0 atom stereocenters. The first kappa shape index (κ1) is 15.8. The number of halogens is 2. The third-order valence-corrected chi connectivity index (χ3v) is 3.67. The highest BCUT2D eigenvalue weighted by Crippen LogP contribution is 2.19. The molecule has 0 aliphatic rings. The van der Waals surface area contributed by atoms with Crippen LogP contribution in [0.4, 0.5) is 14.5 Å². The fourth-order valence-corrected chi connectivity index (χ4v) is 2.31. The molecular formula is C15H13F2N5O2. The van der Waals surface area contributed by atoms with Crippen molar-refractivity contribution in [2.45, 2.75) is 6.54 Å². The minimum absolute atomic E-state index is 0.205. The van der Waals surface area contributed by atoms with Crippen molar-refractivity contribution >= 4 is 22.6 Å². The number of hydrogen-bond donors (Lipinski definition) is 0. The molecule has 9 heteroatoms. The standard InChI is InChI=1S/C15H13F2N5O2/c1-20(12-5-9(16)3-4-11(12)17)13(23)7-22-8-18-14-10(15(22)24)6-19-21(14)2/h3-6,8H,7H2,1-2H3. The van der Waals surface area contributed by atoms with Crippen LogP contribution < -0.4 is 10.5 Å². The first-order chi connectivity index (χ1) is 11.4. The Labute approximate surface area is 134 Å². The Morgan fingerprint density at radius 2 is 2.08 bits per heavy atom. The minimum atomic E-state index is -0.736. The lowest BCUT2D eigenvalue weighted by molar-refractivity contribution is -0.119. The van der Waals surface area contributed by atoms with Crippen LogP contribution >= 0.6 is 0 Å². The molecule has 24 heavy (non-hydrogen) atoms. The van der Waals surface area contributed by atoms with Gasteiger partial charge in [0.1, 0.15) is 29.9 Å². The van der Waals surface area contributed by atoms with Gasteiger partial charge in [-0.05, 0) is 12.1 Å². The molecule has 0 aliphatic heterocycles. The summed E-state index contributed by atoms with van der Waals surface area (Å²) in [6.07, 6.45) is 2.58. The van der Waals surface area contributed by atoms with E-state index >= 15 is 0 Å². The Morgan fingerprint density at radius 1 is 1.33 bits per heavy atom. The van der Waals surface area contributed by atoms with E-state index < -0.39 is 23.1 Å². The number of carbonyl (C=O) groups excluding carboxylic acids is 1. The van der Waals surface area contributed by atoms with Crippen LogP contribution in [-0.4, -0.2) is 32.3 Å². The highest BCUT2D eigenvalue weighted by Gasteiger charge is 2.18. The van der Waals surface area contributed by atoms with Crippen molar-refractivity contribution in [1.82, 2.24) is 19.3 Å². The van der Waals surface area contributed by atoms with Crippen LogP contribution in [0.3, 0.4) is 0 Å². The van der Waals surface area contributed by atoms with Crippen molar-refractivity contribution in [3.8, 4) is 0 Å². The van der Waals surface area contributed by atoms with Gasteiger partial charge in [-0.15, -0.1) is 0 Å². The van der Waals surface area contributed by atoms with Gasteiger partial charge in [0.25, 0.3) is 5.56 Å². The van der Waals surface area contributed by atoms with E-state index in [-0.39, 0.29) is 17.6 Å². The maximum absolute atomic E-state index is 13.8. The van der Waals surface area contributed by atoms with Crippen LogP contribution in [-0.2, 0) is 18.4 Å². The molecule has 3 aromatic rings. The van der Waals surface area contributed by atoms with E-state index in [1.54, 1.807) is 7.05 Å². The third kappa shape index (κ3) is 2.64. The zero-order valence-electron chi connectivity index (χ0n) is 12.9. The molecule has 0 fully saturated rings. The summed E-state index contributed by atoms with van der Waals surface area (Å²) in [6, 6.07) is 2.81. The average Bonchev–Trinajstić information content (AvgIpc) is 2.93. The van der Waals surface area contributed by atoms with Gasteiger partial charge in [0, 0.05) is 20.2 Å². The zero-order chi connectivity index (χ0) is 17.4. The van der Waals surface area contributed by atoms with Crippen LogP contribution in [0, 0.1) is 11.6 Å². The monoisotopic (exact) mass is 333 g/mol. The van der Waals surface area contributed by atoms with Crippen LogP contribution in [0.5, 0.6) is 0 Å². The fourth-order valence-electron chi connectivity index (χ4n) is 2.31. The molecule has 7 nitrogen and oxygen atoms in total. The number of fused-ring (bicyclic) bond motifs is 1. The van der Waals surface area contributed by atoms with Gasteiger partial charge in [-0.2, -0.15) is 5.10 Å². The summed E-state index contributed by atoms with van der Waals surface area (Å²) in [6.45, 7) is -0.358. The Morgan fingerprint density at radius 3 is 2.83 bits per heavy atom. The maximum atomic E-state index is 13.8. The smallest absolute Gasteiger partial charge is 0.264 e. The lowest BCUT2D eigenvalue weighted by atomic mass is 10.2. The molecule has 0 unspecified atom stereocenters. The quantitative estimate of drug-likeness (QED) is 0.719. The largest absolute Gasteiger partial charge is 0.311 e. The second kappa shape index (κ2) is 5.84. The van der Waals surface area contributed by atoms with Crippen molar-refractivity contribution in [2.24, 2.45) is 7.05 Å². The summed E-state index contributed by atoms with van der Waals surface area (Å²) in [7, 11) is 2.95. The number of carbonyl (C=O) groups is 1. The lowest BCUT2D eigenvalue weighted by Gasteiger charge is -2.18. The van der Waals surface area contributed by atoms with Crippen molar-refractivity contribution in [2.75, 3.05) is 11.9 Å². The molecular weight excluding hydrogens is 320 g/mol. The molecule has 0 spiro atoms. The van der Waals surface area contributed by atoms with Gasteiger partial charge in [0.15, 0.2) is 5.65 Å². The number of anilines is 1. The molecule has 2 aromatic heterocycles. The van der Waals surface area contributed by atoms with Crippen molar-refractivity contribution in [1.29, 1.82) is 0 Å². The van der Waals surface area contributed by atoms with Gasteiger partial charge in [0.05, 0.1) is 11.9 Å². The molecule has 1 amide bonds. The number of rotatable bonds is 3. The number of aromatic nitrogens is 4. The Balaban J connectivity index is 1.91. The zero-order valence-corrected chi connectivity index (χ0v) is 12.9. The van der Waals surface area contributed by atoms with Crippen LogP contribution in [0.1, 0.15) is 0 Å². The highest BCUT2D eigenvalue weighted by molar-refractivity contribution is 5.92. The summed E-state index contributed by atoms with van der Waals surface area (Å²) >= 11 is 0. The van der Waals surface area contributed by atoms with Gasteiger partial charge in [-0.3, -0.25) is 18.8 Å². The SMILES string of the molecule is CN(C(=O)Cn1cnc2c(cnn2C)c1=O)c1cc(F)ccc1F. The number of amides is 1. The molecule has 124 valence electrons. The third-order valence-electron chi connectivity index (χ3n) is 3.67. The second-order valence-corrected chi connectivity index (χ2v) is 5.23. The highest BCUT2D eigenvalue weighted by atomic mass is 19.1. The van der Waals surface area contributed by atoms with Gasteiger partial charge in [0.2, 0.25) is 5.91 Å². The molecule has 0 N–H and O–H groups in total. The van der Waals surface area contributed by atoms with E-state index in [1.165, 1.54) is 24.3 Å². The fraction of sp³-hybridized carbons (Fsp3) is 0.200. The average molecular weight is 333 g/mol. The normalized spacial score (nSPS) is 11.0. The van der Waals surface area contributed by atoms with E-state index in [9.17, 15) is 18.4 Å². The van der Waals surface area contributed by atoms with Gasteiger partial charge >= 0.3 is 0 Å². The summed E-state index contributed by atoms with van der Waals surface area (Å²) in [5.41, 5.74) is -0.244. The Bertz CT molecular complexity index is 995. The molecule has 0 saturated heterocycles. The van der Waals surface area contributed by atoms with E-state index in [0.717, 1.165) is 27.7 Å². The Hall–Kier alpha value is -3.10. The summed E-state index contributed by atoms with van der Waals surface area (Å²) in [5.74, 6) is -1.99. The van der Waals surface area contributed by atoms with Crippen molar-refractivity contribution in [3.63, 3.8) is 0 Å². The summed E-state index contributed by atoms with van der Waals surface area (Å²) in [4.78, 5) is 29.7. The first-order valence-corrected chi connectivity index (χ1v) is 6.97. The van der Waals surface area contributed by atoms with E-state index in [4.69, 9.17) is 0 Å². The van der Waals surface area contributed by atoms with Gasteiger partial charge in [-0.1, -0.05) is 0 Å². The predicted octanol–water partition coefficient (Wildman–Crippen LogP) is 1.07. The minimum Gasteiger partial charge on any atom is -0.311 e. The van der Waals surface area contributed by atoms with Gasteiger partial charge in [-0.25, -0.2) is 13.8 Å². The number of hydrogen-bond acceptors (Lipinski definition) is 4. The Kier molecular flexibility index (Phi) is 3.84. The number of aryl methyl sites for hydroxylation is 1. The maximum Gasteiger partial charge on any atom is 0.264 e. The molecule has 0 saturated carbocycles. The second-order valence-electron chi connectivity index (χ2n) is 5.23. The molecule has 0 radical (unpaired) electrons. The first-order valence-electron chi connectivity index (χ1n) is 6.97. The van der Waals surface area contributed by atoms with Gasteiger partial charge < -0.3 is 4.90 Å². The van der Waals surface area contributed by atoms with Crippen molar-refractivity contribution < 1.29 is 13.6 Å². The molecule has 1 aromatic carbocycles. The van der Waals surface area contributed by atoms with E-state index in [0.29, 0.717) is 5.65 Å². The summed E-state index contributed by atoms with van der Waals surface area (Å²) < 4.78 is 29.6. The summed E-state index contributed by atoms with van der Waals surface area (Å²) in [5, 5.41) is 4.21. The van der Waals surface area contributed by atoms with Crippen molar-refractivity contribution in [3.05, 3.63) is 52.7 Å². The van der Waals surface area contributed by atoms with Crippen LogP contribution in [0.2, 0.25) is 0 Å². The number of nitrogens with zero attached hydrogens (tertiary/aromatic N) is 5. The van der Waals surface area contributed by atoms with Crippen LogP contribution in [0.15, 0.2) is 35.5 Å². The molecule has 2 heterocycles. The van der Waals surface area contributed by atoms with Crippen LogP contribution in [0.25, 0.3) is 11.0 Å². The molecule has 0 aliphatic carbocycles. The molecule has 3 rings (SSSR count). The lowest BCUT2D eigenvalue weighted by Crippen LogP contribution is -2.34. The number of benzene rings is 1. The van der Waals surface area contributed by atoms with E-state index in [2.05, 4.69) is 10.1 Å². The topological polar surface area (TPSA) is 73.0 Å². The van der Waals surface area contributed by atoms with E-state index in [1.807, 2.05) is 0 Å².